The minimum atomic E-state index is -3.72. The van der Waals surface area contributed by atoms with Crippen LogP contribution in [0.4, 0.5) is 5.69 Å². The second-order valence-electron chi connectivity index (χ2n) is 17.1. The number of carbonyl (C=O) groups excluding carboxylic acids is 2. The first kappa shape index (κ1) is 33.7. The molecule has 2 N–H and O–H groups in total. The number of likely N-dealkylation sites (tertiary alicyclic amines) is 1. The summed E-state index contributed by atoms with van der Waals surface area (Å²) in [6.07, 6.45) is 10.0. The van der Waals surface area contributed by atoms with E-state index in [9.17, 15) is 13.2 Å². The van der Waals surface area contributed by atoms with Crippen molar-refractivity contribution in [2.75, 3.05) is 24.3 Å². The molecule has 5 fully saturated rings. The zero-order chi connectivity index (χ0) is 36.3. The van der Waals surface area contributed by atoms with Crippen LogP contribution < -0.4 is 19.7 Å². The lowest BCUT2D eigenvalue weighted by molar-refractivity contribution is -0.275. The third-order valence-corrected chi connectivity index (χ3v) is 16.1. The molecule has 10 heteroatoms. The van der Waals surface area contributed by atoms with Crippen LogP contribution >= 0.6 is 0 Å². The second kappa shape index (κ2) is 12.1. The van der Waals surface area contributed by atoms with E-state index in [0.717, 1.165) is 50.1 Å². The van der Waals surface area contributed by atoms with Gasteiger partial charge in [-0.05, 0) is 97.9 Å². The Hall–Kier alpha value is -3.89. The summed E-state index contributed by atoms with van der Waals surface area (Å²) in [6, 6.07) is 23.9. The van der Waals surface area contributed by atoms with Crippen molar-refractivity contribution in [2.24, 2.45) is 16.7 Å². The van der Waals surface area contributed by atoms with Gasteiger partial charge >= 0.3 is 0 Å². The Morgan fingerprint density at radius 1 is 0.925 bits per heavy atom. The number of anilines is 1. The Morgan fingerprint density at radius 2 is 1.72 bits per heavy atom. The predicted octanol–water partition coefficient (Wildman–Crippen LogP) is 6.41. The molecule has 0 aromatic heterocycles. The van der Waals surface area contributed by atoms with Crippen LogP contribution in [0.3, 0.4) is 0 Å². The molecular formula is C43H50N4O5S. The number of methoxy groups -OCH3 is 1. The number of benzene rings is 3. The Labute approximate surface area is 312 Å². The van der Waals surface area contributed by atoms with Gasteiger partial charge in [0, 0.05) is 59.7 Å². The van der Waals surface area contributed by atoms with Crippen molar-refractivity contribution in [3.05, 3.63) is 94.5 Å². The van der Waals surface area contributed by atoms with Crippen molar-refractivity contribution in [2.45, 2.75) is 107 Å². The molecule has 278 valence electrons. The zero-order valence-electron chi connectivity index (χ0n) is 30.7. The number of nitrogens with zero attached hydrogens (tertiary/aromatic N) is 2. The maximum atomic E-state index is 15.3. The third-order valence-electron chi connectivity index (χ3n) is 14.9. The van der Waals surface area contributed by atoms with E-state index in [1.54, 1.807) is 13.2 Å². The SMILES string of the molecule is CCS(=O)(=O)NC(=O)c1ccc2c(c1)N1CC3(C(=O)N4C5CCC56C(NCc5ccccc5)CC46)CC3c3cc(OC)ccc3C1C2C1CCCCC1. The molecule has 53 heavy (non-hydrogen) atoms. The first-order valence-electron chi connectivity index (χ1n) is 19.9. The largest absolute Gasteiger partial charge is 0.497 e. The lowest BCUT2D eigenvalue weighted by Gasteiger charge is -2.80. The number of ether oxygens (including phenoxy) is 1. The van der Waals surface area contributed by atoms with Gasteiger partial charge < -0.3 is 19.9 Å². The molecule has 0 bridgehead atoms. The maximum absolute atomic E-state index is 15.3. The van der Waals surface area contributed by atoms with Crippen molar-refractivity contribution in [3.63, 3.8) is 0 Å². The van der Waals surface area contributed by atoms with Gasteiger partial charge in [0.1, 0.15) is 5.75 Å². The molecule has 3 aromatic rings. The highest BCUT2D eigenvalue weighted by Gasteiger charge is 2.79. The standard InChI is InChI=1S/C43H50N4O5S/c1-3-53(50,51)45-40(48)28-14-16-31-34(20-28)46-25-42(41(49)47-36-18-19-43(36)35(22-37(43)47)44-24-26-10-6-4-7-11-26)23-33(42)32-21-29(52-2)15-17-30(32)39(46)38(31)27-12-8-5-9-13-27/h4,6-7,10-11,14-17,20-21,27,33,35-39,44H,3,5,8-9,12-13,18-19,22-25H2,1-2H3,(H,45,48). The third kappa shape index (κ3) is 4.86. The van der Waals surface area contributed by atoms with Gasteiger partial charge in [0.05, 0.1) is 24.3 Å². The topological polar surface area (TPSA) is 108 Å². The molecule has 8 atom stereocenters. The smallest absolute Gasteiger partial charge is 0.264 e. The van der Waals surface area contributed by atoms with Gasteiger partial charge in [0.25, 0.3) is 5.91 Å². The maximum Gasteiger partial charge on any atom is 0.264 e. The van der Waals surface area contributed by atoms with Gasteiger partial charge in [0.2, 0.25) is 15.9 Å². The minimum absolute atomic E-state index is 0.0265. The van der Waals surface area contributed by atoms with Crippen LogP contribution in [0.15, 0.2) is 66.7 Å². The second-order valence-corrected chi connectivity index (χ2v) is 19.1. The van der Waals surface area contributed by atoms with E-state index in [0.29, 0.717) is 30.0 Å². The highest BCUT2D eigenvalue weighted by Crippen LogP contribution is 2.73. The fourth-order valence-corrected chi connectivity index (χ4v) is 12.5. The molecule has 9 nitrogen and oxygen atoms in total. The summed E-state index contributed by atoms with van der Waals surface area (Å²) in [4.78, 5) is 33.5. The Bertz CT molecular complexity index is 2090. The van der Waals surface area contributed by atoms with Gasteiger partial charge in [-0.3, -0.25) is 9.59 Å². The molecular weight excluding hydrogens is 685 g/mol. The summed E-state index contributed by atoms with van der Waals surface area (Å²) in [5.41, 5.74) is 5.96. The zero-order valence-corrected chi connectivity index (χ0v) is 31.5. The van der Waals surface area contributed by atoms with Crippen molar-refractivity contribution < 1.29 is 22.7 Å². The van der Waals surface area contributed by atoms with Gasteiger partial charge in [-0.15, -0.1) is 0 Å². The first-order chi connectivity index (χ1) is 25.7. The number of amides is 2. The number of fused-ring (bicyclic) bond motifs is 7. The Balaban J connectivity index is 1.01. The minimum Gasteiger partial charge on any atom is -0.497 e. The van der Waals surface area contributed by atoms with Gasteiger partial charge in [0.15, 0.2) is 0 Å². The highest BCUT2D eigenvalue weighted by atomic mass is 32.2. The molecule has 8 unspecified atom stereocenters. The van der Waals surface area contributed by atoms with Crippen molar-refractivity contribution in [1.29, 1.82) is 0 Å². The molecule has 0 radical (unpaired) electrons. The number of rotatable bonds is 9. The number of piperidine rings is 2. The fraction of sp³-hybridized carbons (Fsp3) is 0.535. The van der Waals surface area contributed by atoms with E-state index < -0.39 is 21.3 Å². The van der Waals surface area contributed by atoms with E-state index >= 15 is 4.79 Å². The monoisotopic (exact) mass is 734 g/mol. The highest BCUT2D eigenvalue weighted by molar-refractivity contribution is 7.90. The molecule has 1 saturated heterocycles. The van der Waals surface area contributed by atoms with Gasteiger partial charge in [-0.1, -0.05) is 61.7 Å². The van der Waals surface area contributed by atoms with Crippen molar-refractivity contribution in [1.82, 2.24) is 14.9 Å². The Kier molecular flexibility index (Phi) is 7.66. The van der Waals surface area contributed by atoms with Crippen LogP contribution in [0, 0.1) is 16.7 Å². The predicted molar refractivity (Wildman–Crippen MR) is 203 cm³/mol. The van der Waals surface area contributed by atoms with Crippen LogP contribution in [0.2, 0.25) is 0 Å². The lowest BCUT2D eigenvalue weighted by atomic mass is 9.40. The van der Waals surface area contributed by atoms with E-state index in [2.05, 4.69) is 74.4 Å². The fourth-order valence-electron chi connectivity index (χ4n) is 12.0. The Morgan fingerprint density at radius 3 is 2.43 bits per heavy atom. The summed E-state index contributed by atoms with van der Waals surface area (Å²) in [5.74, 6) is 1.14. The molecule has 7 aliphatic rings. The molecule has 10 rings (SSSR count). The normalized spacial score (nSPS) is 33.2. The first-order valence-corrected chi connectivity index (χ1v) is 21.6. The van der Waals surface area contributed by atoms with E-state index in [4.69, 9.17) is 4.74 Å². The summed E-state index contributed by atoms with van der Waals surface area (Å²) in [7, 11) is -2.01. The molecule has 3 aliphatic heterocycles. The van der Waals surface area contributed by atoms with Crippen molar-refractivity contribution >= 4 is 27.5 Å². The summed E-state index contributed by atoms with van der Waals surface area (Å²) in [6.45, 7) is 2.97. The quantitative estimate of drug-likeness (QED) is 0.262. The number of hydrogen-bond donors (Lipinski definition) is 2. The van der Waals surface area contributed by atoms with Crippen LogP contribution in [0.5, 0.6) is 5.75 Å². The van der Waals surface area contributed by atoms with Crippen molar-refractivity contribution in [3.8, 4) is 5.75 Å². The number of sulfonamides is 1. The number of carbonyl (C=O) groups is 2. The number of hydrogen-bond acceptors (Lipinski definition) is 7. The molecule has 4 aliphatic carbocycles. The van der Waals surface area contributed by atoms with E-state index in [-0.39, 0.29) is 41.1 Å². The van der Waals surface area contributed by atoms with Crippen LogP contribution in [0.25, 0.3) is 0 Å². The van der Waals surface area contributed by atoms with Crippen LogP contribution in [0.1, 0.15) is 115 Å². The lowest BCUT2D eigenvalue weighted by Crippen LogP contribution is -2.90. The van der Waals surface area contributed by atoms with E-state index in [1.807, 2.05) is 6.07 Å². The van der Waals surface area contributed by atoms with E-state index in [1.165, 1.54) is 54.9 Å². The van der Waals surface area contributed by atoms with Gasteiger partial charge in [-0.25, -0.2) is 13.1 Å². The summed E-state index contributed by atoms with van der Waals surface area (Å²) in [5, 5.41) is 3.86. The molecule has 3 heterocycles. The summed E-state index contributed by atoms with van der Waals surface area (Å²) >= 11 is 0. The molecule has 4 saturated carbocycles. The summed E-state index contributed by atoms with van der Waals surface area (Å²) < 4.78 is 32.9. The molecule has 1 spiro atoms. The molecule has 2 amide bonds. The average molecular weight is 735 g/mol. The van der Waals surface area contributed by atoms with Crippen LogP contribution in [-0.2, 0) is 21.4 Å². The van der Waals surface area contributed by atoms with Crippen LogP contribution in [-0.4, -0.2) is 62.7 Å². The average Bonchev–Trinajstić information content (AvgIpc) is 3.83. The molecule has 3 aromatic carbocycles. The number of nitrogens with one attached hydrogen (secondary N) is 2. The van der Waals surface area contributed by atoms with Gasteiger partial charge in [-0.2, -0.15) is 0 Å².